The standard InChI is InChI=1S/C16H22N2O2/c1-12-11-14(17)9-10-18(12)16(19)8-5-13-3-6-15(20-2)7-4-13/h3-8,12,14H,9-11,17H2,1-2H3/b8-5+. The second-order valence-corrected chi connectivity index (χ2v) is 5.27. The first-order chi connectivity index (χ1) is 9.60. The summed E-state index contributed by atoms with van der Waals surface area (Å²) in [5.41, 5.74) is 6.90. The van der Waals surface area contributed by atoms with Gasteiger partial charge < -0.3 is 15.4 Å². The van der Waals surface area contributed by atoms with E-state index < -0.39 is 0 Å². The first-order valence-corrected chi connectivity index (χ1v) is 6.98. The van der Waals surface area contributed by atoms with Gasteiger partial charge in [0.1, 0.15) is 5.75 Å². The van der Waals surface area contributed by atoms with Gasteiger partial charge >= 0.3 is 0 Å². The number of carbonyl (C=O) groups is 1. The fourth-order valence-electron chi connectivity index (χ4n) is 2.51. The SMILES string of the molecule is COc1ccc(/C=C/C(=O)N2CCC(N)CC2C)cc1. The van der Waals surface area contributed by atoms with E-state index in [-0.39, 0.29) is 18.0 Å². The molecule has 2 N–H and O–H groups in total. The summed E-state index contributed by atoms with van der Waals surface area (Å²) in [6.07, 6.45) is 5.23. The number of amides is 1. The van der Waals surface area contributed by atoms with Gasteiger partial charge in [-0.05, 0) is 43.5 Å². The summed E-state index contributed by atoms with van der Waals surface area (Å²) in [5, 5.41) is 0. The molecule has 4 heteroatoms. The molecule has 1 saturated heterocycles. The lowest BCUT2D eigenvalue weighted by Gasteiger charge is -2.35. The van der Waals surface area contributed by atoms with Crippen LogP contribution < -0.4 is 10.5 Å². The number of piperidine rings is 1. The highest BCUT2D eigenvalue weighted by atomic mass is 16.5. The van der Waals surface area contributed by atoms with Gasteiger partial charge in [0.15, 0.2) is 0 Å². The summed E-state index contributed by atoms with van der Waals surface area (Å²) >= 11 is 0. The second-order valence-electron chi connectivity index (χ2n) is 5.27. The summed E-state index contributed by atoms with van der Waals surface area (Å²) in [5.74, 6) is 0.868. The summed E-state index contributed by atoms with van der Waals surface area (Å²) in [6, 6.07) is 8.06. The van der Waals surface area contributed by atoms with Gasteiger partial charge in [0.25, 0.3) is 0 Å². The smallest absolute Gasteiger partial charge is 0.246 e. The van der Waals surface area contributed by atoms with Crippen molar-refractivity contribution in [1.29, 1.82) is 0 Å². The molecule has 0 aliphatic carbocycles. The molecule has 0 radical (unpaired) electrons. The molecule has 2 atom stereocenters. The number of likely N-dealkylation sites (tertiary alicyclic amines) is 1. The number of carbonyl (C=O) groups excluding carboxylic acids is 1. The lowest BCUT2D eigenvalue weighted by Crippen LogP contribution is -2.47. The number of nitrogens with two attached hydrogens (primary N) is 1. The van der Waals surface area contributed by atoms with E-state index in [4.69, 9.17) is 10.5 Å². The minimum Gasteiger partial charge on any atom is -0.497 e. The van der Waals surface area contributed by atoms with Gasteiger partial charge in [-0.2, -0.15) is 0 Å². The number of benzene rings is 1. The maximum atomic E-state index is 12.2. The quantitative estimate of drug-likeness (QED) is 0.858. The van der Waals surface area contributed by atoms with Crippen molar-refractivity contribution in [1.82, 2.24) is 4.90 Å². The molecule has 0 saturated carbocycles. The lowest BCUT2D eigenvalue weighted by molar-refractivity contribution is -0.129. The Morgan fingerprint density at radius 3 is 2.70 bits per heavy atom. The first kappa shape index (κ1) is 14.6. The zero-order valence-electron chi connectivity index (χ0n) is 12.1. The van der Waals surface area contributed by atoms with E-state index in [0.29, 0.717) is 0 Å². The fraction of sp³-hybridized carbons (Fsp3) is 0.438. The molecular weight excluding hydrogens is 252 g/mol. The van der Waals surface area contributed by atoms with Crippen LogP contribution in [0.1, 0.15) is 25.3 Å². The molecule has 1 aromatic carbocycles. The molecule has 1 amide bonds. The van der Waals surface area contributed by atoms with Gasteiger partial charge in [-0.1, -0.05) is 12.1 Å². The Labute approximate surface area is 120 Å². The molecule has 0 bridgehead atoms. The molecule has 1 aliphatic heterocycles. The first-order valence-electron chi connectivity index (χ1n) is 6.98. The number of ether oxygens (including phenoxy) is 1. The van der Waals surface area contributed by atoms with Gasteiger partial charge in [-0.3, -0.25) is 4.79 Å². The molecule has 0 spiro atoms. The molecule has 1 heterocycles. The number of nitrogens with zero attached hydrogens (tertiary/aromatic N) is 1. The Hall–Kier alpha value is -1.81. The molecule has 1 aliphatic rings. The lowest BCUT2D eigenvalue weighted by atomic mass is 9.99. The maximum absolute atomic E-state index is 12.2. The van der Waals surface area contributed by atoms with Crippen LogP contribution in [0.2, 0.25) is 0 Å². The number of hydrogen-bond donors (Lipinski definition) is 1. The Kier molecular flexibility index (Phi) is 4.79. The Balaban J connectivity index is 1.97. The molecular formula is C16H22N2O2. The summed E-state index contributed by atoms with van der Waals surface area (Å²) in [6.45, 7) is 2.80. The molecule has 2 unspecified atom stereocenters. The van der Waals surface area contributed by atoms with Crippen LogP contribution in [-0.2, 0) is 4.79 Å². The van der Waals surface area contributed by atoms with E-state index in [1.165, 1.54) is 0 Å². The third-order valence-corrected chi connectivity index (χ3v) is 3.73. The summed E-state index contributed by atoms with van der Waals surface area (Å²) in [4.78, 5) is 14.1. The molecule has 2 rings (SSSR count). The van der Waals surface area contributed by atoms with Crippen LogP contribution in [0, 0.1) is 0 Å². The third kappa shape index (κ3) is 3.61. The minimum absolute atomic E-state index is 0.0558. The van der Waals surface area contributed by atoms with E-state index >= 15 is 0 Å². The highest BCUT2D eigenvalue weighted by Gasteiger charge is 2.25. The van der Waals surface area contributed by atoms with Crippen LogP contribution in [0.25, 0.3) is 6.08 Å². The highest BCUT2D eigenvalue weighted by Crippen LogP contribution is 2.17. The zero-order valence-corrected chi connectivity index (χ0v) is 12.1. The maximum Gasteiger partial charge on any atom is 0.246 e. The van der Waals surface area contributed by atoms with Gasteiger partial charge in [0, 0.05) is 24.7 Å². The van der Waals surface area contributed by atoms with Crippen molar-refractivity contribution < 1.29 is 9.53 Å². The second kappa shape index (κ2) is 6.57. The molecule has 1 aromatic rings. The molecule has 20 heavy (non-hydrogen) atoms. The van der Waals surface area contributed by atoms with Gasteiger partial charge in [-0.15, -0.1) is 0 Å². The zero-order chi connectivity index (χ0) is 14.5. The van der Waals surface area contributed by atoms with Crippen molar-refractivity contribution in [2.24, 2.45) is 5.73 Å². The Morgan fingerprint density at radius 1 is 1.40 bits per heavy atom. The Bertz CT molecular complexity index is 482. The van der Waals surface area contributed by atoms with Crippen molar-refractivity contribution in [2.45, 2.75) is 31.8 Å². The van der Waals surface area contributed by atoms with E-state index in [0.717, 1.165) is 30.7 Å². The molecule has 108 valence electrons. The molecule has 1 fully saturated rings. The average Bonchev–Trinajstić information content (AvgIpc) is 2.45. The van der Waals surface area contributed by atoms with Crippen molar-refractivity contribution >= 4 is 12.0 Å². The summed E-state index contributed by atoms with van der Waals surface area (Å²) in [7, 11) is 1.64. The Morgan fingerprint density at radius 2 is 2.10 bits per heavy atom. The summed E-state index contributed by atoms with van der Waals surface area (Å²) < 4.78 is 5.10. The van der Waals surface area contributed by atoms with E-state index in [1.54, 1.807) is 13.2 Å². The third-order valence-electron chi connectivity index (χ3n) is 3.73. The number of hydrogen-bond acceptors (Lipinski definition) is 3. The predicted molar refractivity (Wildman–Crippen MR) is 80.4 cm³/mol. The van der Waals surface area contributed by atoms with Crippen LogP contribution in [-0.4, -0.2) is 36.5 Å². The van der Waals surface area contributed by atoms with Crippen LogP contribution in [0.4, 0.5) is 0 Å². The predicted octanol–water partition coefficient (Wildman–Crippen LogP) is 2.05. The van der Waals surface area contributed by atoms with E-state index in [1.807, 2.05) is 35.2 Å². The molecule has 0 aromatic heterocycles. The minimum atomic E-state index is 0.0558. The van der Waals surface area contributed by atoms with Crippen molar-refractivity contribution in [3.05, 3.63) is 35.9 Å². The van der Waals surface area contributed by atoms with Crippen LogP contribution in [0.5, 0.6) is 5.75 Å². The van der Waals surface area contributed by atoms with E-state index in [9.17, 15) is 4.79 Å². The monoisotopic (exact) mass is 274 g/mol. The fourth-order valence-corrected chi connectivity index (χ4v) is 2.51. The van der Waals surface area contributed by atoms with Gasteiger partial charge in [0.05, 0.1) is 7.11 Å². The van der Waals surface area contributed by atoms with Crippen molar-refractivity contribution in [3.8, 4) is 5.75 Å². The van der Waals surface area contributed by atoms with Crippen LogP contribution >= 0.6 is 0 Å². The van der Waals surface area contributed by atoms with E-state index in [2.05, 4.69) is 6.92 Å². The topological polar surface area (TPSA) is 55.6 Å². The highest BCUT2D eigenvalue weighted by molar-refractivity contribution is 5.92. The number of methoxy groups -OCH3 is 1. The van der Waals surface area contributed by atoms with Crippen LogP contribution in [0.3, 0.4) is 0 Å². The average molecular weight is 274 g/mol. The normalized spacial score (nSPS) is 23.1. The number of rotatable bonds is 3. The van der Waals surface area contributed by atoms with Gasteiger partial charge in [0.2, 0.25) is 5.91 Å². The van der Waals surface area contributed by atoms with Crippen molar-refractivity contribution in [2.75, 3.05) is 13.7 Å². The van der Waals surface area contributed by atoms with Crippen LogP contribution in [0.15, 0.2) is 30.3 Å². The van der Waals surface area contributed by atoms with Gasteiger partial charge in [-0.25, -0.2) is 0 Å². The molecule has 4 nitrogen and oxygen atoms in total. The largest absolute Gasteiger partial charge is 0.497 e. The van der Waals surface area contributed by atoms with Crippen molar-refractivity contribution in [3.63, 3.8) is 0 Å².